The molecule has 2 aromatic rings. The quantitative estimate of drug-likeness (QED) is 0.614. The zero-order chi connectivity index (χ0) is 18.7. The van der Waals surface area contributed by atoms with Gasteiger partial charge in [0.05, 0.1) is 18.8 Å². The molecule has 0 saturated heterocycles. The van der Waals surface area contributed by atoms with Crippen LogP contribution in [-0.4, -0.2) is 40.2 Å². The Morgan fingerprint density at radius 1 is 1.27 bits per heavy atom. The summed E-state index contributed by atoms with van der Waals surface area (Å²) in [5.41, 5.74) is 2.16. The lowest BCUT2D eigenvalue weighted by atomic mass is 9.96. The van der Waals surface area contributed by atoms with E-state index >= 15 is 0 Å². The normalized spacial score (nSPS) is 16.1. The molecule has 2 heterocycles. The molecule has 0 amide bonds. The second kappa shape index (κ2) is 7.82. The summed E-state index contributed by atoms with van der Waals surface area (Å²) in [4.78, 5) is 17.1. The highest BCUT2D eigenvalue weighted by Gasteiger charge is 2.35. The summed E-state index contributed by atoms with van der Waals surface area (Å²) in [5.74, 6) is 1.04. The minimum atomic E-state index is -0.408. The Hall–Kier alpha value is -2.48. The third-order valence-corrected chi connectivity index (χ3v) is 4.56. The van der Waals surface area contributed by atoms with E-state index in [0.29, 0.717) is 29.9 Å². The first-order valence-electron chi connectivity index (χ1n) is 8.47. The molecule has 7 nitrogen and oxygen atoms in total. The SMILES string of the molecule is CCOC(=O)C1=C(C)Nc2nc(SC)nn2[C@@H]1c1ccc(OCC)cc1. The lowest BCUT2D eigenvalue weighted by Gasteiger charge is -2.28. The predicted octanol–water partition coefficient (Wildman–Crippen LogP) is 3.25. The largest absolute Gasteiger partial charge is 0.494 e. The van der Waals surface area contributed by atoms with Crippen LogP contribution in [-0.2, 0) is 9.53 Å². The molecule has 1 aliphatic heterocycles. The number of nitrogens with zero attached hydrogens (tertiary/aromatic N) is 3. The molecule has 0 aliphatic carbocycles. The highest BCUT2D eigenvalue weighted by molar-refractivity contribution is 7.98. The first-order valence-corrected chi connectivity index (χ1v) is 9.69. The van der Waals surface area contributed by atoms with E-state index in [1.54, 1.807) is 11.6 Å². The Balaban J connectivity index is 2.09. The maximum absolute atomic E-state index is 12.6. The fraction of sp³-hybridized carbons (Fsp3) is 0.389. The molecule has 1 aromatic heterocycles. The first kappa shape index (κ1) is 18.3. The molecule has 138 valence electrons. The fourth-order valence-electron chi connectivity index (χ4n) is 2.91. The Labute approximate surface area is 156 Å². The van der Waals surface area contributed by atoms with Crippen LogP contribution in [0.5, 0.6) is 5.75 Å². The van der Waals surface area contributed by atoms with Crippen LogP contribution in [0.2, 0.25) is 0 Å². The van der Waals surface area contributed by atoms with Gasteiger partial charge in [-0.25, -0.2) is 9.48 Å². The summed E-state index contributed by atoms with van der Waals surface area (Å²) in [6.07, 6.45) is 1.92. The number of ether oxygens (including phenoxy) is 2. The molecule has 26 heavy (non-hydrogen) atoms. The van der Waals surface area contributed by atoms with Crippen LogP contribution in [0.15, 0.2) is 40.7 Å². The Morgan fingerprint density at radius 2 is 2.00 bits per heavy atom. The van der Waals surface area contributed by atoms with Gasteiger partial charge in [0.1, 0.15) is 11.8 Å². The van der Waals surface area contributed by atoms with Gasteiger partial charge in [0.2, 0.25) is 11.1 Å². The minimum Gasteiger partial charge on any atom is -0.494 e. The Morgan fingerprint density at radius 3 is 2.62 bits per heavy atom. The maximum atomic E-state index is 12.6. The number of rotatable bonds is 6. The van der Waals surface area contributed by atoms with Crippen molar-refractivity contribution >= 4 is 23.7 Å². The van der Waals surface area contributed by atoms with E-state index in [-0.39, 0.29) is 5.97 Å². The number of carbonyl (C=O) groups excluding carboxylic acids is 1. The molecule has 0 spiro atoms. The molecule has 0 saturated carbocycles. The molecule has 8 heteroatoms. The van der Waals surface area contributed by atoms with Crippen LogP contribution in [0.4, 0.5) is 5.95 Å². The van der Waals surface area contributed by atoms with Crippen LogP contribution in [0.3, 0.4) is 0 Å². The Bertz CT molecular complexity index is 829. The molecule has 1 aliphatic rings. The highest BCUT2D eigenvalue weighted by Crippen LogP contribution is 2.36. The van der Waals surface area contributed by atoms with E-state index in [4.69, 9.17) is 9.47 Å². The summed E-state index contributed by atoms with van der Waals surface area (Å²) in [7, 11) is 0. The molecule has 1 N–H and O–H groups in total. The second-order valence-corrected chi connectivity index (χ2v) is 6.43. The van der Waals surface area contributed by atoms with Crippen LogP contribution in [0, 0.1) is 0 Å². The molecule has 1 aromatic carbocycles. The van der Waals surface area contributed by atoms with Crippen molar-refractivity contribution in [1.29, 1.82) is 0 Å². The first-order chi connectivity index (χ1) is 12.6. The molecule has 3 rings (SSSR count). The van der Waals surface area contributed by atoms with Crippen molar-refractivity contribution in [3.05, 3.63) is 41.1 Å². The second-order valence-electron chi connectivity index (χ2n) is 5.66. The van der Waals surface area contributed by atoms with Gasteiger partial charge in [-0.3, -0.25) is 0 Å². The van der Waals surface area contributed by atoms with Gasteiger partial charge in [0, 0.05) is 5.70 Å². The van der Waals surface area contributed by atoms with Crippen molar-refractivity contribution in [2.75, 3.05) is 24.8 Å². The van der Waals surface area contributed by atoms with Crippen LogP contribution < -0.4 is 10.1 Å². The number of esters is 1. The molecular weight excluding hydrogens is 352 g/mol. The number of aromatic nitrogens is 3. The summed E-state index contributed by atoms with van der Waals surface area (Å²) >= 11 is 1.45. The topological polar surface area (TPSA) is 78.3 Å². The number of fused-ring (bicyclic) bond motifs is 1. The average Bonchev–Trinajstić information content (AvgIpc) is 3.04. The van der Waals surface area contributed by atoms with Gasteiger partial charge in [0.15, 0.2) is 0 Å². The van der Waals surface area contributed by atoms with Crippen molar-refractivity contribution in [2.24, 2.45) is 0 Å². The summed E-state index contributed by atoms with van der Waals surface area (Å²) in [6.45, 7) is 6.50. The van der Waals surface area contributed by atoms with Crippen molar-refractivity contribution in [3.63, 3.8) is 0 Å². The highest BCUT2D eigenvalue weighted by atomic mass is 32.2. The minimum absolute atomic E-state index is 0.311. The Kier molecular flexibility index (Phi) is 5.51. The standard InChI is InChI=1S/C18H22N4O3S/c1-5-24-13-9-7-12(8-10-13)15-14(16(23)25-6-2)11(3)19-17-20-18(26-4)21-22(15)17/h7-10,15H,5-6H2,1-4H3,(H,19,20,21)/t15-/m1/s1. The van der Waals surface area contributed by atoms with Gasteiger partial charge in [-0.2, -0.15) is 4.98 Å². The number of thioether (sulfide) groups is 1. The van der Waals surface area contributed by atoms with Gasteiger partial charge in [-0.15, -0.1) is 5.10 Å². The number of nitrogens with one attached hydrogen (secondary N) is 1. The van der Waals surface area contributed by atoms with E-state index in [2.05, 4.69) is 15.4 Å². The van der Waals surface area contributed by atoms with Gasteiger partial charge in [0.25, 0.3) is 0 Å². The number of hydrogen-bond donors (Lipinski definition) is 1. The zero-order valence-corrected chi connectivity index (χ0v) is 16.1. The average molecular weight is 374 g/mol. The summed E-state index contributed by atoms with van der Waals surface area (Å²) in [5, 5.41) is 8.35. The van der Waals surface area contributed by atoms with E-state index in [1.807, 2.05) is 44.4 Å². The fourth-order valence-corrected chi connectivity index (χ4v) is 3.26. The number of allylic oxidation sites excluding steroid dienone is 1. The molecule has 0 bridgehead atoms. The zero-order valence-electron chi connectivity index (χ0n) is 15.3. The van der Waals surface area contributed by atoms with Crippen LogP contribution in [0.1, 0.15) is 32.4 Å². The predicted molar refractivity (Wildman–Crippen MR) is 101 cm³/mol. The third kappa shape index (κ3) is 3.41. The third-order valence-electron chi connectivity index (χ3n) is 4.02. The van der Waals surface area contributed by atoms with E-state index in [1.165, 1.54) is 11.8 Å². The summed E-state index contributed by atoms with van der Waals surface area (Å²) in [6, 6.07) is 7.26. The van der Waals surface area contributed by atoms with Crippen LogP contribution >= 0.6 is 11.8 Å². The molecule has 0 unspecified atom stereocenters. The van der Waals surface area contributed by atoms with Gasteiger partial charge < -0.3 is 14.8 Å². The lowest BCUT2D eigenvalue weighted by Crippen LogP contribution is -2.29. The number of benzene rings is 1. The smallest absolute Gasteiger partial charge is 0.338 e. The van der Waals surface area contributed by atoms with E-state index in [0.717, 1.165) is 17.0 Å². The van der Waals surface area contributed by atoms with Crippen molar-refractivity contribution in [3.8, 4) is 5.75 Å². The van der Waals surface area contributed by atoms with E-state index in [9.17, 15) is 4.79 Å². The summed E-state index contributed by atoms with van der Waals surface area (Å²) < 4.78 is 12.5. The van der Waals surface area contributed by atoms with Crippen molar-refractivity contribution < 1.29 is 14.3 Å². The monoisotopic (exact) mass is 374 g/mol. The van der Waals surface area contributed by atoms with Crippen molar-refractivity contribution in [2.45, 2.75) is 32.0 Å². The molecule has 0 fully saturated rings. The van der Waals surface area contributed by atoms with Crippen molar-refractivity contribution in [1.82, 2.24) is 14.8 Å². The molecule has 0 radical (unpaired) electrons. The van der Waals surface area contributed by atoms with Gasteiger partial charge in [-0.1, -0.05) is 23.9 Å². The lowest BCUT2D eigenvalue weighted by molar-refractivity contribution is -0.139. The van der Waals surface area contributed by atoms with E-state index < -0.39 is 6.04 Å². The van der Waals surface area contributed by atoms with Gasteiger partial charge in [-0.05, 0) is 44.7 Å². The van der Waals surface area contributed by atoms with Gasteiger partial charge >= 0.3 is 5.97 Å². The number of anilines is 1. The molecule has 1 atom stereocenters. The number of carbonyl (C=O) groups is 1. The molecular formula is C18H22N4O3S. The number of hydrogen-bond acceptors (Lipinski definition) is 7. The maximum Gasteiger partial charge on any atom is 0.338 e. The van der Waals surface area contributed by atoms with Crippen LogP contribution in [0.25, 0.3) is 0 Å².